The Bertz CT molecular complexity index is 609. The van der Waals surface area contributed by atoms with E-state index in [1.165, 1.54) is 6.07 Å². The van der Waals surface area contributed by atoms with Gasteiger partial charge in [-0.2, -0.15) is 0 Å². The number of ketones is 1. The normalized spacial score (nSPS) is 18.1. The number of hydrogen-bond donors (Lipinski definition) is 1. The first-order valence-corrected chi connectivity index (χ1v) is 5.89. The number of rotatable bonds is 1. The van der Waals surface area contributed by atoms with E-state index in [2.05, 4.69) is 5.32 Å². The van der Waals surface area contributed by atoms with Crippen LogP contribution in [0.25, 0.3) is 0 Å². The first-order valence-electron chi connectivity index (χ1n) is 5.89. The number of para-hydroxylation sites is 1. The van der Waals surface area contributed by atoms with E-state index in [9.17, 15) is 9.18 Å². The van der Waals surface area contributed by atoms with Gasteiger partial charge < -0.3 is 5.32 Å². The van der Waals surface area contributed by atoms with Crippen LogP contribution in [0.1, 0.15) is 28.4 Å². The zero-order valence-corrected chi connectivity index (χ0v) is 9.69. The summed E-state index contributed by atoms with van der Waals surface area (Å²) in [5.41, 5.74) is 2.01. The van der Waals surface area contributed by atoms with Gasteiger partial charge in [0, 0.05) is 23.2 Å². The molecule has 1 aliphatic heterocycles. The lowest BCUT2D eigenvalue weighted by atomic mass is 9.92. The predicted octanol–water partition coefficient (Wildman–Crippen LogP) is 3.57. The van der Waals surface area contributed by atoms with Gasteiger partial charge in [0.1, 0.15) is 5.82 Å². The van der Waals surface area contributed by atoms with Crippen molar-refractivity contribution in [2.75, 3.05) is 5.32 Å². The Labute approximate surface area is 104 Å². The number of Topliss-reactive ketones (excluding diaryl/α,β-unsaturated/α-hetero) is 1. The number of benzene rings is 2. The molecule has 3 rings (SSSR count). The highest BCUT2D eigenvalue weighted by molar-refractivity contribution is 6.03. The Morgan fingerprint density at radius 1 is 1.06 bits per heavy atom. The van der Waals surface area contributed by atoms with Crippen molar-refractivity contribution in [2.24, 2.45) is 0 Å². The molecule has 1 atom stereocenters. The van der Waals surface area contributed by atoms with Crippen molar-refractivity contribution in [3.8, 4) is 0 Å². The molecule has 0 unspecified atom stereocenters. The van der Waals surface area contributed by atoms with Crippen LogP contribution in [0.5, 0.6) is 0 Å². The number of carbonyl (C=O) groups is 1. The highest BCUT2D eigenvalue weighted by Crippen LogP contribution is 2.33. The monoisotopic (exact) mass is 241 g/mol. The second-order valence-electron chi connectivity index (χ2n) is 4.39. The van der Waals surface area contributed by atoms with Gasteiger partial charge in [-0.05, 0) is 18.2 Å². The van der Waals surface area contributed by atoms with E-state index in [0.717, 1.165) is 5.69 Å². The van der Waals surface area contributed by atoms with Crippen LogP contribution in [-0.4, -0.2) is 5.78 Å². The highest BCUT2D eigenvalue weighted by Gasteiger charge is 2.26. The summed E-state index contributed by atoms with van der Waals surface area (Å²) < 4.78 is 13.7. The van der Waals surface area contributed by atoms with Crippen LogP contribution >= 0.6 is 0 Å². The van der Waals surface area contributed by atoms with Crippen LogP contribution in [-0.2, 0) is 0 Å². The number of nitrogens with one attached hydrogen (secondary N) is 1. The smallest absolute Gasteiger partial charge is 0.167 e. The van der Waals surface area contributed by atoms with E-state index >= 15 is 0 Å². The van der Waals surface area contributed by atoms with Crippen molar-refractivity contribution in [3.63, 3.8) is 0 Å². The zero-order valence-electron chi connectivity index (χ0n) is 9.69. The molecule has 1 aliphatic rings. The molecule has 1 heterocycles. The Hall–Kier alpha value is -2.16. The van der Waals surface area contributed by atoms with Gasteiger partial charge in [-0.3, -0.25) is 4.79 Å². The van der Waals surface area contributed by atoms with E-state index in [1.807, 2.05) is 18.2 Å². The zero-order chi connectivity index (χ0) is 12.5. The standard InChI is InChI=1S/C15H12FNO/c16-12-7-3-1-5-10(12)14-9-15(18)11-6-2-4-8-13(11)17-14/h1-8,14,17H,9H2/t14-/m0/s1. The average molecular weight is 241 g/mol. The lowest BCUT2D eigenvalue weighted by molar-refractivity contribution is 0.0972. The summed E-state index contributed by atoms with van der Waals surface area (Å²) in [4.78, 5) is 12.0. The summed E-state index contributed by atoms with van der Waals surface area (Å²) in [5, 5.41) is 3.22. The summed E-state index contributed by atoms with van der Waals surface area (Å²) in [6, 6.07) is 13.6. The Balaban J connectivity index is 2.00. The van der Waals surface area contributed by atoms with E-state index in [1.54, 1.807) is 24.3 Å². The van der Waals surface area contributed by atoms with Crippen LogP contribution in [0.4, 0.5) is 10.1 Å². The van der Waals surface area contributed by atoms with E-state index < -0.39 is 0 Å². The van der Waals surface area contributed by atoms with Crippen molar-refractivity contribution >= 4 is 11.5 Å². The van der Waals surface area contributed by atoms with Gasteiger partial charge in [-0.1, -0.05) is 30.3 Å². The van der Waals surface area contributed by atoms with E-state index in [-0.39, 0.29) is 24.1 Å². The molecule has 2 aromatic rings. The number of halogens is 1. The largest absolute Gasteiger partial charge is 0.377 e. The Morgan fingerprint density at radius 2 is 1.78 bits per heavy atom. The summed E-state index contributed by atoms with van der Waals surface area (Å²) in [6.07, 6.45) is 0.290. The van der Waals surface area contributed by atoms with Gasteiger partial charge in [0.15, 0.2) is 5.78 Å². The first-order chi connectivity index (χ1) is 8.75. The van der Waals surface area contributed by atoms with Crippen LogP contribution in [0.2, 0.25) is 0 Å². The molecule has 0 aliphatic carbocycles. The van der Waals surface area contributed by atoms with Gasteiger partial charge in [0.05, 0.1) is 6.04 Å². The topological polar surface area (TPSA) is 29.1 Å². The lowest BCUT2D eigenvalue weighted by Crippen LogP contribution is -2.23. The predicted molar refractivity (Wildman–Crippen MR) is 68.2 cm³/mol. The maximum Gasteiger partial charge on any atom is 0.167 e. The Morgan fingerprint density at radius 3 is 2.61 bits per heavy atom. The number of carbonyl (C=O) groups excluding carboxylic acids is 1. The quantitative estimate of drug-likeness (QED) is 0.827. The average Bonchev–Trinajstić information content (AvgIpc) is 2.39. The molecule has 0 saturated heterocycles. The van der Waals surface area contributed by atoms with Crippen molar-refractivity contribution in [1.82, 2.24) is 0 Å². The van der Waals surface area contributed by atoms with E-state index in [0.29, 0.717) is 11.1 Å². The van der Waals surface area contributed by atoms with Gasteiger partial charge in [-0.25, -0.2) is 4.39 Å². The van der Waals surface area contributed by atoms with Crippen LogP contribution < -0.4 is 5.32 Å². The van der Waals surface area contributed by atoms with Crippen LogP contribution in [0.3, 0.4) is 0 Å². The molecule has 0 fully saturated rings. The van der Waals surface area contributed by atoms with Gasteiger partial charge in [0.2, 0.25) is 0 Å². The fraction of sp³-hybridized carbons (Fsp3) is 0.133. The number of anilines is 1. The maximum atomic E-state index is 13.7. The molecule has 0 saturated carbocycles. The summed E-state index contributed by atoms with van der Waals surface area (Å²) in [6.45, 7) is 0. The molecule has 2 nitrogen and oxygen atoms in total. The molecule has 1 N–H and O–H groups in total. The van der Waals surface area contributed by atoms with Gasteiger partial charge in [-0.15, -0.1) is 0 Å². The van der Waals surface area contributed by atoms with Gasteiger partial charge in [0.25, 0.3) is 0 Å². The third kappa shape index (κ3) is 1.78. The summed E-state index contributed by atoms with van der Waals surface area (Å²) in [7, 11) is 0. The second-order valence-corrected chi connectivity index (χ2v) is 4.39. The molecular formula is C15H12FNO. The number of hydrogen-bond acceptors (Lipinski definition) is 2. The molecule has 0 radical (unpaired) electrons. The fourth-order valence-electron chi connectivity index (χ4n) is 2.33. The third-order valence-electron chi connectivity index (χ3n) is 3.23. The molecular weight excluding hydrogens is 229 g/mol. The van der Waals surface area contributed by atoms with Crippen molar-refractivity contribution in [2.45, 2.75) is 12.5 Å². The maximum absolute atomic E-state index is 13.7. The van der Waals surface area contributed by atoms with Crippen molar-refractivity contribution in [3.05, 3.63) is 65.5 Å². The minimum absolute atomic E-state index is 0.0533. The van der Waals surface area contributed by atoms with Crippen LogP contribution in [0.15, 0.2) is 48.5 Å². The third-order valence-corrected chi connectivity index (χ3v) is 3.23. The number of fused-ring (bicyclic) bond motifs is 1. The molecule has 0 aromatic heterocycles. The minimum atomic E-state index is -0.284. The molecule has 2 aromatic carbocycles. The molecule has 3 heteroatoms. The van der Waals surface area contributed by atoms with Gasteiger partial charge >= 0.3 is 0 Å². The molecule has 18 heavy (non-hydrogen) atoms. The van der Waals surface area contributed by atoms with Crippen LogP contribution in [0, 0.1) is 5.82 Å². The highest BCUT2D eigenvalue weighted by atomic mass is 19.1. The lowest BCUT2D eigenvalue weighted by Gasteiger charge is -2.26. The molecule has 0 spiro atoms. The second kappa shape index (κ2) is 4.26. The molecule has 90 valence electrons. The Kier molecular flexibility index (Phi) is 2.59. The SMILES string of the molecule is O=C1C[C@@H](c2ccccc2F)Nc2ccccc21. The summed E-state index contributed by atoms with van der Waals surface area (Å²) in [5.74, 6) is -0.222. The fourth-order valence-corrected chi connectivity index (χ4v) is 2.33. The van der Waals surface area contributed by atoms with Crippen molar-refractivity contribution < 1.29 is 9.18 Å². The first kappa shape index (κ1) is 11.0. The molecule has 0 amide bonds. The summed E-state index contributed by atoms with van der Waals surface area (Å²) >= 11 is 0. The molecule has 0 bridgehead atoms. The minimum Gasteiger partial charge on any atom is -0.377 e. The van der Waals surface area contributed by atoms with Crippen molar-refractivity contribution in [1.29, 1.82) is 0 Å². The van der Waals surface area contributed by atoms with E-state index in [4.69, 9.17) is 0 Å².